The van der Waals surface area contributed by atoms with Gasteiger partial charge in [0, 0.05) is 39.3 Å². The molecule has 2 fully saturated rings. The van der Waals surface area contributed by atoms with Crippen molar-refractivity contribution < 1.29 is 9.59 Å². The molecule has 176 valence electrons. The number of likely N-dealkylation sites (tertiary alicyclic amines) is 1. The third-order valence-electron chi connectivity index (χ3n) is 7.40. The second-order valence-electron chi connectivity index (χ2n) is 9.87. The topological polar surface area (TPSA) is 55.9 Å². The van der Waals surface area contributed by atoms with Gasteiger partial charge in [-0.15, -0.1) is 0 Å². The average Bonchev–Trinajstić information content (AvgIpc) is 3.10. The molecule has 0 radical (unpaired) electrons. The van der Waals surface area contributed by atoms with Gasteiger partial charge in [-0.05, 0) is 62.1 Å². The minimum Gasteiger partial charge on any atom is -0.348 e. The van der Waals surface area contributed by atoms with Crippen LogP contribution in [0.1, 0.15) is 68.2 Å². The molecule has 6 nitrogen and oxygen atoms in total. The zero-order chi connectivity index (χ0) is 22.3. The predicted octanol–water partition coefficient (Wildman–Crippen LogP) is 2.76. The average molecular weight is 441 g/mol. The minimum absolute atomic E-state index is 0.0299. The van der Waals surface area contributed by atoms with E-state index in [1.165, 1.54) is 48.8 Å². The second-order valence-corrected chi connectivity index (χ2v) is 9.87. The molecule has 2 aliphatic heterocycles. The van der Waals surface area contributed by atoms with E-state index in [1.807, 2.05) is 0 Å². The van der Waals surface area contributed by atoms with Crippen LogP contribution in [0.25, 0.3) is 0 Å². The quantitative estimate of drug-likeness (QED) is 0.739. The number of amides is 2. The summed E-state index contributed by atoms with van der Waals surface area (Å²) in [5, 5.41) is 3.19. The van der Waals surface area contributed by atoms with E-state index in [-0.39, 0.29) is 17.9 Å². The zero-order valence-electron chi connectivity index (χ0n) is 19.8. The number of carbonyl (C=O) groups is 2. The smallest absolute Gasteiger partial charge is 0.236 e. The van der Waals surface area contributed by atoms with Gasteiger partial charge >= 0.3 is 0 Å². The van der Waals surface area contributed by atoms with Gasteiger partial charge in [0.15, 0.2) is 0 Å². The van der Waals surface area contributed by atoms with Crippen LogP contribution in [0.3, 0.4) is 0 Å². The van der Waals surface area contributed by atoms with E-state index < -0.39 is 0 Å². The first-order valence-electron chi connectivity index (χ1n) is 12.7. The first-order valence-corrected chi connectivity index (χ1v) is 12.7. The Morgan fingerprint density at radius 1 is 0.812 bits per heavy atom. The van der Waals surface area contributed by atoms with Crippen LogP contribution in [0.4, 0.5) is 0 Å². The van der Waals surface area contributed by atoms with E-state index in [1.54, 1.807) is 0 Å². The lowest BCUT2D eigenvalue weighted by Gasteiger charge is -2.35. The number of carbonyl (C=O) groups excluding carboxylic acids is 2. The van der Waals surface area contributed by atoms with Crippen molar-refractivity contribution in [1.29, 1.82) is 0 Å². The van der Waals surface area contributed by atoms with Gasteiger partial charge in [0.25, 0.3) is 0 Å². The summed E-state index contributed by atoms with van der Waals surface area (Å²) in [6.45, 7) is 8.26. The van der Waals surface area contributed by atoms with E-state index in [4.69, 9.17) is 0 Å². The molecule has 0 saturated carbocycles. The van der Waals surface area contributed by atoms with Crippen molar-refractivity contribution in [3.05, 3.63) is 34.9 Å². The molecule has 2 amide bonds. The Hall–Kier alpha value is -1.92. The summed E-state index contributed by atoms with van der Waals surface area (Å²) >= 11 is 0. The molecule has 32 heavy (non-hydrogen) atoms. The van der Waals surface area contributed by atoms with E-state index in [9.17, 15) is 9.59 Å². The highest BCUT2D eigenvalue weighted by Gasteiger charge is 2.24. The Balaban J connectivity index is 1.18. The van der Waals surface area contributed by atoms with Crippen LogP contribution in [-0.2, 0) is 22.4 Å². The number of aryl methyl sites for hydroxylation is 2. The third kappa shape index (κ3) is 6.32. The Bertz CT molecular complexity index is 780. The fourth-order valence-corrected chi connectivity index (χ4v) is 5.31. The summed E-state index contributed by atoms with van der Waals surface area (Å²) in [6, 6.07) is 6.75. The molecule has 4 rings (SSSR count). The molecule has 1 aromatic carbocycles. The van der Waals surface area contributed by atoms with Gasteiger partial charge in [0.2, 0.25) is 11.8 Å². The fourth-order valence-electron chi connectivity index (χ4n) is 5.31. The highest BCUT2D eigenvalue weighted by atomic mass is 16.2. The van der Waals surface area contributed by atoms with Crippen molar-refractivity contribution in [2.75, 3.05) is 52.4 Å². The maximum absolute atomic E-state index is 12.7. The molecule has 1 unspecified atom stereocenters. The molecule has 0 bridgehead atoms. The third-order valence-corrected chi connectivity index (χ3v) is 7.40. The van der Waals surface area contributed by atoms with Crippen LogP contribution in [0.2, 0.25) is 0 Å². The van der Waals surface area contributed by atoms with E-state index in [0.717, 1.165) is 58.5 Å². The Kier molecular flexibility index (Phi) is 8.20. The maximum atomic E-state index is 12.7. The van der Waals surface area contributed by atoms with Crippen LogP contribution in [0.15, 0.2) is 18.2 Å². The normalized spacial score (nSPS) is 21.5. The molecular formula is C26H40N4O2. The van der Waals surface area contributed by atoms with Crippen LogP contribution in [0, 0.1) is 0 Å². The van der Waals surface area contributed by atoms with Crippen LogP contribution >= 0.6 is 0 Å². The summed E-state index contributed by atoms with van der Waals surface area (Å²) in [6.07, 6.45) is 9.67. The van der Waals surface area contributed by atoms with Crippen molar-refractivity contribution in [2.45, 2.75) is 64.3 Å². The Morgan fingerprint density at radius 2 is 1.44 bits per heavy atom. The maximum Gasteiger partial charge on any atom is 0.236 e. The first kappa shape index (κ1) is 23.2. The molecule has 2 heterocycles. The van der Waals surface area contributed by atoms with Crippen molar-refractivity contribution in [3.63, 3.8) is 0 Å². The van der Waals surface area contributed by atoms with Crippen molar-refractivity contribution in [1.82, 2.24) is 20.0 Å². The van der Waals surface area contributed by atoms with Crippen molar-refractivity contribution in [3.8, 4) is 0 Å². The number of nitrogens with one attached hydrogen (secondary N) is 1. The molecule has 1 aromatic rings. The number of rotatable bonds is 6. The molecule has 1 N–H and O–H groups in total. The number of nitrogens with zero attached hydrogens (tertiary/aromatic N) is 3. The minimum atomic E-state index is 0.0299. The number of benzene rings is 1. The molecule has 0 aromatic heterocycles. The molecule has 2 saturated heterocycles. The standard InChI is InChI=1S/C26H40N4O2/c1-21(23-11-10-22-8-4-5-9-24(22)18-23)27-25(31)19-28-14-16-29(17-15-28)20-26(32)30-12-6-2-3-7-13-30/h10-11,18,21H,2-9,12-17,19-20H2,1H3,(H,27,31). The second kappa shape index (κ2) is 11.3. The summed E-state index contributed by atoms with van der Waals surface area (Å²) < 4.78 is 0. The van der Waals surface area contributed by atoms with Crippen molar-refractivity contribution >= 4 is 11.8 Å². The number of hydrogen-bond acceptors (Lipinski definition) is 4. The molecule has 6 heteroatoms. The molecule has 0 spiro atoms. The lowest BCUT2D eigenvalue weighted by molar-refractivity contribution is -0.133. The van der Waals surface area contributed by atoms with Gasteiger partial charge in [-0.3, -0.25) is 19.4 Å². The summed E-state index contributed by atoms with van der Waals surface area (Å²) in [4.78, 5) is 31.8. The summed E-state index contributed by atoms with van der Waals surface area (Å²) in [5.41, 5.74) is 4.14. The number of hydrogen-bond donors (Lipinski definition) is 1. The van der Waals surface area contributed by atoms with Crippen LogP contribution < -0.4 is 5.32 Å². The highest BCUT2D eigenvalue weighted by Crippen LogP contribution is 2.24. The molecule has 1 aliphatic carbocycles. The lowest BCUT2D eigenvalue weighted by Crippen LogP contribution is -2.52. The summed E-state index contributed by atoms with van der Waals surface area (Å²) in [7, 11) is 0. The molecule has 3 aliphatic rings. The van der Waals surface area contributed by atoms with E-state index in [2.05, 4.69) is 45.1 Å². The number of fused-ring (bicyclic) bond motifs is 1. The van der Waals surface area contributed by atoms with Crippen LogP contribution in [-0.4, -0.2) is 78.9 Å². The van der Waals surface area contributed by atoms with Gasteiger partial charge < -0.3 is 10.2 Å². The highest BCUT2D eigenvalue weighted by molar-refractivity contribution is 5.79. The lowest BCUT2D eigenvalue weighted by atomic mass is 9.89. The fraction of sp³-hybridized carbons (Fsp3) is 0.692. The largest absolute Gasteiger partial charge is 0.348 e. The molecular weight excluding hydrogens is 400 g/mol. The first-order chi connectivity index (χ1) is 15.6. The van der Waals surface area contributed by atoms with Gasteiger partial charge in [0.1, 0.15) is 0 Å². The zero-order valence-corrected chi connectivity index (χ0v) is 19.8. The number of piperazine rings is 1. The Morgan fingerprint density at radius 3 is 2.12 bits per heavy atom. The Labute approximate surface area is 193 Å². The monoisotopic (exact) mass is 440 g/mol. The molecule has 1 atom stereocenters. The van der Waals surface area contributed by atoms with Gasteiger partial charge in [-0.25, -0.2) is 0 Å². The van der Waals surface area contributed by atoms with Gasteiger partial charge in [-0.2, -0.15) is 0 Å². The SMILES string of the molecule is CC(NC(=O)CN1CCN(CC(=O)N2CCCCCC2)CC1)c1ccc2c(c1)CCCC2. The van der Waals surface area contributed by atoms with E-state index >= 15 is 0 Å². The van der Waals surface area contributed by atoms with Gasteiger partial charge in [-0.1, -0.05) is 31.0 Å². The predicted molar refractivity (Wildman–Crippen MR) is 128 cm³/mol. The van der Waals surface area contributed by atoms with E-state index in [0.29, 0.717) is 13.1 Å². The van der Waals surface area contributed by atoms with Crippen molar-refractivity contribution in [2.24, 2.45) is 0 Å². The van der Waals surface area contributed by atoms with Gasteiger partial charge in [0.05, 0.1) is 19.1 Å². The summed E-state index contributed by atoms with van der Waals surface area (Å²) in [5.74, 6) is 0.362. The van der Waals surface area contributed by atoms with Crippen LogP contribution in [0.5, 0.6) is 0 Å².